The zero-order valence-corrected chi connectivity index (χ0v) is 16.4. The Morgan fingerprint density at radius 2 is 1.75 bits per heavy atom. The second-order valence-electron chi connectivity index (χ2n) is 5.90. The lowest BCUT2D eigenvalue weighted by Crippen LogP contribution is -2.23. The Bertz CT molecular complexity index is 971. The van der Waals surface area contributed by atoms with Crippen LogP contribution in [0.4, 0.5) is 11.4 Å². The molecule has 0 atom stereocenters. The van der Waals surface area contributed by atoms with Crippen molar-refractivity contribution in [2.45, 2.75) is 4.90 Å². The molecule has 2 aromatic rings. The highest BCUT2D eigenvalue weighted by atomic mass is 32.2. The number of hydrogen-bond acceptors (Lipinski definition) is 7. The summed E-state index contributed by atoms with van der Waals surface area (Å²) >= 11 is 0. The van der Waals surface area contributed by atoms with Crippen molar-refractivity contribution >= 4 is 33.3 Å². The van der Waals surface area contributed by atoms with Crippen molar-refractivity contribution in [1.29, 1.82) is 0 Å². The number of benzene rings is 2. The van der Waals surface area contributed by atoms with Crippen LogP contribution in [0.3, 0.4) is 0 Å². The summed E-state index contributed by atoms with van der Waals surface area (Å²) in [4.78, 5) is 24.1. The number of carbonyl (C=O) groups is 2. The lowest BCUT2D eigenvalue weighted by atomic mass is 10.2. The van der Waals surface area contributed by atoms with Gasteiger partial charge in [0.15, 0.2) is 6.61 Å². The average molecular weight is 407 g/mol. The first-order valence-electron chi connectivity index (χ1n) is 8.08. The standard InChI is InChI=1S/C18H21N3O6S/c1-21(2)28(24,25)14-8-9-16(26-3)15(10-14)20-17(22)11-27-18(23)12-4-6-13(19)7-5-12/h4-10H,11,19H2,1-3H3,(H,20,22). The quantitative estimate of drug-likeness (QED) is 0.523. The molecule has 10 heteroatoms. The molecule has 0 saturated carbocycles. The molecule has 28 heavy (non-hydrogen) atoms. The molecule has 0 aliphatic carbocycles. The highest BCUT2D eigenvalue weighted by molar-refractivity contribution is 7.89. The molecule has 0 radical (unpaired) electrons. The third kappa shape index (κ3) is 4.99. The third-order valence-corrected chi connectivity index (χ3v) is 5.52. The first-order chi connectivity index (χ1) is 13.1. The zero-order chi connectivity index (χ0) is 20.9. The smallest absolute Gasteiger partial charge is 0.338 e. The van der Waals surface area contributed by atoms with Crippen LogP contribution in [0.2, 0.25) is 0 Å². The molecule has 0 unspecified atom stereocenters. The summed E-state index contributed by atoms with van der Waals surface area (Å²) in [7, 11) is 0.481. The minimum absolute atomic E-state index is 0.0209. The van der Waals surface area contributed by atoms with Crippen LogP contribution in [0.25, 0.3) is 0 Å². The van der Waals surface area contributed by atoms with Crippen molar-refractivity contribution in [2.24, 2.45) is 0 Å². The van der Waals surface area contributed by atoms with Gasteiger partial charge in [-0.25, -0.2) is 17.5 Å². The van der Waals surface area contributed by atoms with Crippen molar-refractivity contribution in [3.8, 4) is 5.75 Å². The Balaban J connectivity index is 2.10. The minimum Gasteiger partial charge on any atom is -0.495 e. The fourth-order valence-corrected chi connectivity index (χ4v) is 3.10. The summed E-state index contributed by atoms with van der Waals surface area (Å²) in [5.74, 6) is -1.08. The van der Waals surface area contributed by atoms with Crippen LogP contribution in [0.5, 0.6) is 5.75 Å². The number of anilines is 2. The summed E-state index contributed by atoms with van der Waals surface area (Å²) < 4.78 is 35.7. The average Bonchev–Trinajstić information content (AvgIpc) is 2.66. The van der Waals surface area contributed by atoms with Crippen molar-refractivity contribution in [3.05, 3.63) is 48.0 Å². The van der Waals surface area contributed by atoms with Crippen LogP contribution in [-0.2, 0) is 19.6 Å². The van der Waals surface area contributed by atoms with Crippen LogP contribution < -0.4 is 15.8 Å². The van der Waals surface area contributed by atoms with Gasteiger partial charge in [-0.1, -0.05) is 0 Å². The molecular formula is C18H21N3O6S. The van der Waals surface area contributed by atoms with Gasteiger partial charge in [0.05, 0.1) is 23.3 Å². The molecule has 2 aromatic carbocycles. The van der Waals surface area contributed by atoms with E-state index in [1.165, 1.54) is 63.7 Å². The van der Waals surface area contributed by atoms with Crippen molar-refractivity contribution in [2.75, 3.05) is 38.9 Å². The van der Waals surface area contributed by atoms with E-state index in [0.29, 0.717) is 5.69 Å². The Kier molecular flexibility index (Phi) is 6.60. The number of rotatable bonds is 7. The second-order valence-corrected chi connectivity index (χ2v) is 8.05. The number of carbonyl (C=O) groups excluding carboxylic acids is 2. The van der Waals surface area contributed by atoms with Gasteiger partial charge in [-0.15, -0.1) is 0 Å². The number of sulfonamides is 1. The van der Waals surface area contributed by atoms with E-state index < -0.39 is 28.5 Å². The largest absolute Gasteiger partial charge is 0.495 e. The molecular weight excluding hydrogens is 386 g/mol. The number of methoxy groups -OCH3 is 1. The first-order valence-corrected chi connectivity index (χ1v) is 9.52. The summed E-state index contributed by atoms with van der Waals surface area (Å²) in [6.07, 6.45) is 0. The monoisotopic (exact) mass is 407 g/mol. The molecule has 0 aliphatic heterocycles. The normalized spacial score (nSPS) is 11.1. The summed E-state index contributed by atoms with van der Waals surface area (Å²) in [5, 5.41) is 2.48. The van der Waals surface area contributed by atoms with E-state index in [1.807, 2.05) is 0 Å². The Labute approximate surface area is 163 Å². The van der Waals surface area contributed by atoms with Gasteiger partial charge in [0.2, 0.25) is 10.0 Å². The molecule has 0 fully saturated rings. The second kappa shape index (κ2) is 8.72. The number of hydrogen-bond donors (Lipinski definition) is 2. The predicted molar refractivity (Wildman–Crippen MR) is 104 cm³/mol. The summed E-state index contributed by atoms with van der Waals surface area (Å²) in [5.41, 5.74) is 6.43. The molecule has 2 rings (SSSR count). The van der Waals surface area contributed by atoms with Crippen LogP contribution in [0.15, 0.2) is 47.4 Å². The van der Waals surface area contributed by atoms with E-state index in [9.17, 15) is 18.0 Å². The third-order valence-electron chi connectivity index (χ3n) is 3.70. The molecule has 0 aromatic heterocycles. The van der Waals surface area contributed by atoms with Gasteiger partial charge in [-0.3, -0.25) is 4.79 Å². The van der Waals surface area contributed by atoms with E-state index in [1.54, 1.807) is 0 Å². The number of nitrogen functional groups attached to an aromatic ring is 1. The summed E-state index contributed by atoms with van der Waals surface area (Å²) in [6, 6.07) is 10.1. The van der Waals surface area contributed by atoms with Crippen molar-refractivity contribution in [3.63, 3.8) is 0 Å². The number of nitrogens with zero attached hydrogens (tertiary/aromatic N) is 1. The Morgan fingerprint density at radius 3 is 2.32 bits per heavy atom. The highest BCUT2D eigenvalue weighted by Gasteiger charge is 2.20. The fourth-order valence-electron chi connectivity index (χ4n) is 2.18. The SMILES string of the molecule is COc1ccc(S(=O)(=O)N(C)C)cc1NC(=O)COC(=O)c1ccc(N)cc1. The van der Waals surface area contributed by atoms with Gasteiger partial charge < -0.3 is 20.5 Å². The molecule has 9 nitrogen and oxygen atoms in total. The molecule has 0 saturated heterocycles. The van der Waals surface area contributed by atoms with Crippen molar-refractivity contribution < 1.29 is 27.5 Å². The number of nitrogens with one attached hydrogen (secondary N) is 1. The van der Waals surface area contributed by atoms with Gasteiger partial charge in [0.1, 0.15) is 5.75 Å². The van der Waals surface area contributed by atoms with E-state index in [2.05, 4.69) is 5.32 Å². The molecule has 0 spiro atoms. The van der Waals surface area contributed by atoms with Gasteiger partial charge in [0.25, 0.3) is 5.91 Å². The van der Waals surface area contributed by atoms with E-state index in [-0.39, 0.29) is 21.9 Å². The first kappa shape index (κ1) is 21.2. The van der Waals surface area contributed by atoms with Gasteiger partial charge >= 0.3 is 5.97 Å². The Morgan fingerprint density at radius 1 is 1.11 bits per heavy atom. The highest BCUT2D eigenvalue weighted by Crippen LogP contribution is 2.28. The summed E-state index contributed by atoms with van der Waals surface area (Å²) in [6.45, 7) is -0.559. The number of amides is 1. The molecule has 0 bridgehead atoms. The number of esters is 1. The lowest BCUT2D eigenvalue weighted by Gasteiger charge is -2.15. The number of nitrogens with two attached hydrogens (primary N) is 1. The van der Waals surface area contributed by atoms with Crippen LogP contribution in [0.1, 0.15) is 10.4 Å². The molecule has 0 heterocycles. The predicted octanol–water partition coefficient (Wildman–Crippen LogP) is 1.32. The van der Waals surface area contributed by atoms with E-state index in [4.69, 9.17) is 15.2 Å². The molecule has 0 aliphatic rings. The minimum atomic E-state index is -3.69. The van der Waals surface area contributed by atoms with Crippen LogP contribution >= 0.6 is 0 Å². The molecule has 3 N–H and O–H groups in total. The fraction of sp³-hybridized carbons (Fsp3) is 0.222. The van der Waals surface area contributed by atoms with Gasteiger partial charge in [0, 0.05) is 19.8 Å². The van der Waals surface area contributed by atoms with Crippen LogP contribution in [0, 0.1) is 0 Å². The maximum atomic E-state index is 12.3. The maximum absolute atomic E-state index is 12.3. The van der Waals surface area contributed by atoms with E-state index in [0.717, 1.165) is 4.31 Å². The van der Waals surface area contributed by atoms with Gasteiger partial charge in [-0.05, 0) is 42.5 Å². The van der Waals surface area contributed by atoms with E-state index >= 15 is 0 Å². The molecule has 1 amide bonds. The topological polar surface area (TPSA) is 128 Å². The van der Waals surface area contributed by atoms with Gasteiger partial charge in [-0.2, -0.15) is 0 Å². The number of ether oxygens (including phenoxy) is 2. The zero-order valence-electron chi connectivity index (χ0n) is 15.6. The van der Waals surface area contributed by atoms with Crippen molar-refractivity contribution in [1.82, 2.24) is 4.31 Å². The lowest BCUT2D eigenvalue weighted by molar-refractivity contribution is -0.119. The molecule has 150 valence electrons. The maximum Gasteiger partial charge on any atom is 0.338 e. The Hall–Kier alpha value is -3.11. The van der Waals surface area contributed by atoms with Crippen LogP contribution in [-0.4, -0.2) is 52.4 Å².